The van der Waals surface area contributed by atoms with Gasteiger partial charge in [0.15, 0.2) is 0 Å². The van der Waals surface area contributed by atoms with Crippen LogP contribution < -0.4 is 16.0 Å². The van der Waals surface area contributed by atoms with Crippen molar-refractivity contribution < 1.29 is 22.8 Å². The normalized spacial score (nSPS) is 12.8. The minimum absolute atomic E-state index is 0.0417. The van der Waals surface area contributed by atoms with E-state index in [4.69, 9.17) is 11.6 Å². The Hall–Kier alpha value is -3.24. The number of urea groups is 1. The number of alkyl halides is 3. The number of nitrogens with one attached hydrogen (secondary N) is 3. The van der Waals surface area contributed by atoms with Crippen molar-refractivity contribution in [2.45, 2.75) is 22.4 Å². The summed E-state index contributed by atoms with van der Waals surface area (Å²) in [6, 6.07) is 11.1. The molecule has 1 aromatic heterocycles. The van der Waals surface area contributed by atoms with Crippen molar-refractivity contribution in [3.05, 3.63) is 71.0 Å². The van der Waals surface area contributed by atoms with Gasteiger partial charge in [-0.1, -0.05) is 23.4 Å². The molecule has 3 N–H and O–H groups in total. The Morgan fingerprint density at radius 3 is 2.47 bits per heavy atom. The van der Waals surface area contributed by atoms with Crippen LogP contribution in [0.25, 0.3) is 0 Å². The SMILES string of the molecule is O=C1Cc2nccc(Sc3ccc(NC(=O)Nc4ccc(Cl)c(C(F)(F)F)c4)cc3)c2N1. The second-order valence-corrected chi connectivity index (χ2v) is 8.28. The number of rotatable bonds is 4. The molecule has 2 heterocycles. The number of benzene rings is 2. The highest BCUT2D eigenvalue weighted by molar-refractivity contribution is 7.99. The molecule has 0 saturated heterocycles. The summed E-state index contributed by atoms with van der Waals surface area (Å²) in [5, 5.41) is 7.27. The fourth-order valence-electron chi connectivity index (χ4n) is 3.02. The van der Waals surface area contributed by atoms with Crippen molar-refractivity contribution in [1.82, 2.24) is 4.98 Å². The van der Waals surface area contributed by atoms with E-state index in [1.54, 1.807) is 36.5 Å². The van der Waals surface area contributed by atoms with Gasteiger partial charge in [-0.25, -0.2) is 4.79 Å². The number of anilines is 3. The number of pyridine rings is 1. The van der Waals surface area contributed by atoms with E-state index < -0.39 is 22.8 Å². The highest BCUT2D eigenvalue weighted by atomic mass is 35.5. The molecular formula is C21H14ClF3N4O2S. The maximum absolute atomic E-state index is 13.0. The lowest BCUT2D eigenvalue weighted by molar-refractivity contribution is -0.137. The molecule has 2 aromatic carbocycles. The predicted octanol–water partition coefficient (Wildman–Crippen LogP) is 6.04. The van der Waals surface area contributed by atoms with Gasteiger partial charge in [0.05, 0.1) is 28.4 Å². The first-order valence-electron chi connectivity index (χ1n) is 9.19. The molecule has 0 atom stereocenters. The van der Waals surface area contributed by atoms with Crippen LogP contribution in [-0.2, 0) is 17.4 Å². The summed E-state index contributed by atoms with van der Waals surface area (Å²) >= 11 is 7.01. The Kier molecular flexibility index (Phi) is 5.98. The third kappa shape index (κ3) is 4.97. The minimum Gasteiger partial charge on any atom is -0.323 e. The van der Waals surface area contributed by atoms with Crippen LogP contribution in [0.1, 0.15) is 11.3 Å². The largest absolute Gasteiger partial charge is 0.417 e. The maximum Gasteiger partial charge on any atom is 0.417 e. The van der Waals surface area contributed by atoms with Crippen LogP contribution >= 0.6 is 23.4 Å². The van der Waals surface area contributed by atoms with E-state index in [-0.39, 0.29) is 18.0 Å². The molecule has 1 aliphatic rings. The Balaban J connectivity index is 1.40. The van der Waals surface area contributed by atoms with E-state index in [1.807, 2.05) is 0 Å². The smallest absolute Gasteiger partial charge is 0.323 e. The standard InChI is InChI=1S/C21H14ClF3N4O2S/c22-15-6-3-12(9-14(15)21(23,24)25)28-20(31)27-11-1-4-13(5-2-11)32-17-7-8-26-16-10-18(30)29-19(16)17/h1-9H,10H2,(H,29,30)(H2,27,28,31). The highest BCUT2D eigenvalue weighted by Gasteiger charge is 2.33. The van der Waals surface area contributed by atoms with Gasteiger partial charge in [-0.05, 0) is 48.5 Å². The molecule has 0 bridgehead atoms. The van der Waals surface area contributed by atoms with Gasteiger partial charge in [0.25, 0.3) is 0 Å². The Morgan fingerprint density at radius 1 is 1.06 bits per heavy atom. The number of carbonyl (C=O) groups is 2. The van der Waals surface area contributed by atoms with E-state index in [0.29, 0.717) is 17.1 Å². The van der Waals surface area contributed by atoms with Gasteiger partial charge >= 0.3 is 12.2 Å². The minimum atomic E-state index is -4.63. The van der Waals surface area contributed by atoms with Gasteiger partial charge in [0, 0.05) is 27.4 Å². The van der Waals surface area contributed by atoms with Crippen LogP contribution in [0, 0.1) is 0 Å². The van der Waals surface area contributed by atoms with Gasteiger partial charge in [0.1, 0.15) is 0 Å². The molecule has 6 nitrogen and oxygen atoms in total. The molecular weight excluding hydrogens is 465 g/mol. The molecule has 1 aliphatic heterocycles. The Bertz CT molecular complexity index is 1200. The van der Waals surface area contributed by atoms with Crippen LogP contribution in [0.3, 0.4) is 0 Å². The number of aromatic nitrogens is 1. The molecule has 32 heavy (non-hydrogen) atoms. The third-order valence-electron chi connectivity index (χ3n) is 4.45. The lowest BCUT2D eigenvalue weighted by Gasteiger charge is -2.12. The monoisotopic (exact) mass is 478 g/mol. The summed E-state index contributed by atoms with van der Waals surface area (Å²) in [5.41, 5.74) is 0.776. The quantitative estimate of drug-likeness (QED) is 0.426. The van der Waals surface area contributed by atoms with Crippen molar-refractivity contribution in [2.24, 2.45) is 0 Å². The molecule has 0 unspecified atom stereocenters. The van der Waals surface area contributed by atoms with Crippen LogP contribution in [0.4, 0.5) is 35.0 Å². The van der Waals surface area contributed by atoms with Crippen molar-refractivity contribution in [3.8, 4) is 0 Å². The van der Waals surface area contributed by atoms with Crippen LogP contribution in [0.2, 0.25) is 5.02 Å². The number of fused-ring (bicyclic) bond motifs is 1. The fourth-order valence-corrected chi connectivity index (χ4v) is 4.17. The number of hydrogen-bond acceptors (Lipinski definition) is 4. The number of amides is 3. The molecule has 11 heteroatoms. The van der Waals surface area contributed by atoms with Crippen LogP contribution in [-0.4, -0.2) is 16.9 Å². The molecule has 0 saturated carbocycles. The first kappa shape index (κ1) is 22.0. The van der Waals surface area contributed by atoms with Crippen LogP contribution in [0.15, 0.2) is 64.5 Å². The zero-order valence-electron chi connectivity index (χ0n) is 16.1. The van der Waals surface area contributed by atoms with Gasteiger partial charge in [-0.15, -0.1) is 0 Å². The van der Waals surface area contributed by atoms with Gasteiger partial charge in [-0.2, -0.15) is 13.2 Å². The lowest BCUT2D eigenvalue weighted by Crippen LogP contribution is -2.19. The molecule has 4 rings (SSSR count). The molecule has 3 amide bonds. The predicted molar refractivity (Wildman–Crippen MR) is 116 cm³/mol. The lowest BCUT2D eigenvalue weighted by atomic mass is 10.2. The molecule has 3 aromatic rings. The number of carbonyl (C=O) groups excluding carboxylic acids is 2. The average Bonchev–Trinajstić information content (AvgIpc) is 3.11. The zero-order chi connectivity index (χ0) is 22.9. The van der Waals surface area contributed by atoms with E-state index in [9.17, 15) is 22.8 Å². The summed E-state index contributed by atoms with van der Waals surface area (Å²) in [7, 11) is 0. The second kappa shape index (κ2) is 8.71. The summed E-state index contributed by atoms with van der Waals surface area (Å²) < 4.78 is 38.9. The van der Waals surface area contributed by atoms with Gasteiger partial charge in [-0.3, -0.25) is 9.78 Å². The highest BCUT2D eigenvalue weighted by Crippen LogP contribution is 2.38. The molecule has 164 valence electrons. The van der Waals surface area contributed by atoms with E-state index in [2.05, 4.69) is 20.9 Å². The maximum atomic E-state index is 13.0. The van der Waals surface area contributed by atoms with Crippen molar-refractivity contribution in [1.29, 1.82) is 0 Å². The van der Waals surface area contributed by atoms with Crippen molar-refractivity contribution in [2.75, 3.05) is 16.0 Å². The zero-order valence-corrected chi connectivity index (χ0v) is 17.7. The number of nitrogens with zero attached hydrogens (tertiary/aromatic N) is 1. The second-order valence-electron chi connectivity index (χ2n) is 6.75. The molecule has 0 aliphatic carbocycles. The van der Waals surface area contributed by atoms with Gasteiger partial charge < -0.3 is 16.0 Å². The number of halogens is 4. The topological polar surface area (TPSA) is 83.1 Å². The van der Waals surface area contributed by atoms with Crippen molar-refractivity contribution in [3.63, 3.8) is 0 Å². The van der Waals surface area contributed by atoms with Gasteiger partial charge in [0.2, 0.25) is 5.91 Å². The van der Waals surface area contributed by atoms with Crippen LogP contribution in [0.5, 0.6) is 0 Å². The van der Waals surface area contributed by atoms with E-state index >= 15 is 0 Å². The summed E-state index contributed by atoms with van der Waals surface area (Å²) in [6.07, 6.45) is -2.74. The Labute approximate surface area is 189 Å². The Morgan fingerprint density at radius 2 is 1.75 bits per heavy atom. The van der Waals surface area contributed by atoms with E-state index in [0.717, 1.165) is 21.9 Å². The first-order valence-corrected chi connectivity index (χ1v) is 10.4. The number of hydrogen-bond donors (Lipinski definition) is 3. The molecule has 0 spiro atoms. The molecule has 0 radical (unpaired) electrons. The first-order chi connectivity index (χ1) is 15.2. The third-order valence-corrected chi connectivity index (χ3v) is 5.85. The fraction of sp³-hybridized carbons (Fsp3) is 0.0952. The van der Waals surface area contributed by atoms with E-state index in [1.165, 1.54) is 17.8 Å². The summed E-state index contributed by atoms with van der Waals surface area (Å²) in [4.78, 5) is 29.7. The summed E-state index contributed by atoms with van der Waals surface area (Å²) in [5.74, 6) is -0.103. The molecule has 0 fully saturated rings. The average molecular weight is 479 g/mol. The van der Waals surface area contributed by atoms with Crippen molar-refractivity contribution >= 4 is 52.4 Å². The summed E-state index contributed by atoms with van der Waals surface area (Å²) in [6.45, 7) is 0.